The second-order valence-electron chi connectivity index (χ2n) is 7.44. The minimum atomic E-state index is -0.0412. The number of carbonyl (C=O) groups excluding carboxylic acids is 1. The van der Waals surface area contributed by atoms with Crippen molar-refractivity contribution in [2.24, 2.45) is 0 Å². The van der Waals surface area contributed by atoms with Crippen LogP contribution in [0.15, 0.2) is 46.9 Å². The van der Waals surface area contributed by atoms with Gasteiger partial charge >= 0.3 is 0 Å². The summed E-state index contributed by atoms with van der Waals surface area (Å²) in [6.45, 7) is 4.90. The Bertz CT molecular complexity index is 851. The molecule has 2 aliphatic heterocycles. The van der Waals surface area contributed by atoms with Crippen LogP contribution in [-0.4, -0.2) is 57.2 Å². The van der Waals surface area contributed by atoms with Crippen LogP contribution in [0, 0.1) is 0 Å². The lowest BCUT2D eigenvalue weighted by Gasteiger charge is -2.35. The zero-order valence-electron chi connectivity index (χ0n) is 16.2. The number of nitrogens with zero attached hydrogens (tertiary/aromatic N) is 2. The minimum Gasteiger partial charge on any atom is -0.379 e. The summed E-state index contributed by atoms with van der Waals surface area (Å²) in [5, 5.41) is 3.15. The largest absolute Gasteiger partial charge is 0.379 e. The highest BCUT2D eigenvalue weighted by Gasteiger charge is 2.25. The van der Waals surface area contributed by atoms with Crippen LogP contribution >= 0.6 is 15.9 Å². The molecule has 0 radical (unpaired) electrons. The average molecular weight is 444 g/mol. The molecule has 5 nitrogen and oxygen atoms in total. The molecule has 1 unspecified atom stereocenters. The summed E-state index contributed by atoms with van der Waals surface area (Å²) in [5.41, 5.74) is 4.66. The summed E-state index contributed by atoms with van der Waals surface area (Å²) in [7, 11) is 2.14. The number of nitrogens with one attached hydrogen (secondary N) is 1. The number of likely N-dealkylation sites (N-methyl/N-ethyl adjacent to an activating group) is 1. The normalized spacial score (nSPS) is 18.0. The first-order valence-corrected chi connectivity index (χ1v) is 10.6. The van der Waals surface area contributed by atoms with Gasteiger partial charge in [-0.15, -0.1) is 0 Å². The molecule has 148 valence electrons. The highest BCUT2D eigenvalue weighted by atomic mass is 79.9. The van der Waals surface area contributed by atoms with Gasteiger partial charge in [0.2, 0.25) is 0 Å². The van der Waals surface area contributed by atoms with Gasteiger partial charge in [-0.25, -0.2) is 0 Å². The molecule has 2 aromatic carbocycles. The molecule has 2 aliphatic rings. The molecule has 6 heteroatoms. The predicted molar refractivity (Wildman–Crippen MR) is 115 cm³/mol. The summed E-state index contributed by atoms with van der Waals surface area (Å²) < 4.78 is 6.45. The van der Waals surface area contributed by atoms with E-state index in [1.807, 2.05) is 24.3 Å². The third-order valence-electron chi connectivity index (χ3n) is 5.65. The van der Waals surface area contributed by atoms with Crippen LogP contribution in [0.3, 0.4) is 0 Å². The van der Waals surface area contributed by atoms with Crippen LogP contribution < -0.4 is 10.2 Å². The van der Waals surface area contributed by atoms with Gasteiger partial charge in [0.1, 0.15) is 0 Å². The maximum atomic E-state index is 12.7. The van der Waals surface area contributed by atoms with Crippen LogP contribution in [0.4, 0.5) is 5.69 Å². The highest BCUT2D eigenvalue weighted by Crippen LogP contribution is 2.31. The third-order valence-corrected chi connectivity index (χ3v) is 6.14. The Hall–Kier alpha value is -1.89. The van der Waals surface area contributed by atoms with Crippen LogP contribution in [0.5, 0.6) is 0 Å². The van der Waals surface area contributed by atoms with Crippen LogP contribution in [0.25, 0.3) is 0 Å². The molecule has 2 heterocycles. The molecule has 1 saturated heterocycles. The number of halogens is 1. The Labute approximate surface area is 174 Å². The van der Waals surface area contributed by atoms with Crippen molar-refractivity contribution < 1.29 is 9.53 Å². The van der Waals surface area contributed by atoms with Crippen LogP contribution in [0.2, 0.25) is 0 Å². The van der Waals surface area contributed by atoms with Crippen molar-refractivity contribution in [3.8, 4) is 0 Å². The molecule has 1 amide bonds. The predicted octanol–water partition coefficient (Wildman–Crippen LogP) is 3.24. The Morgan fingerprint density at radius 3 is 2.79 bits per heavy atom. The first kappa shape index (κ1) is 19.4. The third kappa shape index (κ3) is 4.24. The fourth-order valence-electron chi connectivity index (χ4n) is 4.06. The van der Waals surface area contributed by atoms with E-state index in [1.54, 1.807) is 0 Å². The number of hydrogen-bond donors (Lipinski definition) is 1. The van der Waals surface area contributed by atoms with Crippen LogP contribution in [-0.2, 0) is 11.2 Å². The lowest BCUT2D eigenvalue weighted by Crippen LogP contribution is -2.43. The molecule has 2 aromatic rings. The molecule has 1 atom stereocenters. The number of morpholine rings is 1. The fraction of sp³-hybridized carbons (Fsp3) is 0.409. The second-order valence-corrected chi connectivity index (χ2v) is 8.36. The zero-order valence-corrected chi connectivity index (χ0v) is 17.7. The maximum Gasteiger partial charge on any atom is 0.251 e. The maximum absolute atomic E-state index is 12.7. The highest BCUT2D eigenvalue weighted by molar-refractivity contribution is 9.10. The quantitative estimate of drug-likeness (QED) is 0.769. The number of fused-ring (bicyclic) bond motifs is 1. The average Bonchev–Trinajstić information content (AvgIpc) is 3.09. The summed E-state index contributed by atoms with van der Waals surface area (Å²) in [6, 6.07) is 14.4. The van der Waals surface area contributed by atoms with E-state index in [9.17, 15) is 4.79 Å². The van der Waals surface area contributed by atoms with Gasteiger partial charge in [0.25, 0.3) is 5.91 Å². The van der Waals surface area contributed by atoms with Crippen molar-refractivity contribution in [2.75, 3.05) is 51.3 Å². The Kier molecular flexibility index (Phi) is 5.99. The summed E-state index contributed by atoms with van der Waals surface area (Å²) in [5.74, 6) is -0.0412. The van der Waals surface area contributed by atoms with Gasteiger partial charge < -0.3 is 15.0 Å². The summed E-state index contributed by atoms with van der Waals surface area (Å²) in [6.07, 6.45) is 1.08. The first-order valence-electron chi connectivity index (χ1n) is 9.81. The minimum absolute atomic E-state index is 0.0412. The lowest BCUT2D eigenvalue weighted by molar-refractivity contribution is 0.0162. The molecule has 28 heavy (non-hydrogen) atoms. The smallest absolute Gasteiger partial charge is 0.251 e. The van der Waals surface area contributed by atoms with Gasteiger partial charge in [-0.2, -0.15) is 0 Å². The molecular formula is C22H26BrN3O2. The Morgan fingerprint density at radius 2 is 2.00 bits per heavy atom. The molecule has 4 rings (SSSR count). The summed E-state index contributed by atoms with van der Waals surface area (Å²) in [4.78, 5) is 17.4. The molecule has 0 aliphatic carbocycles. The molecular weight excluding hydrogens is 418 g/mol. The molecule has 0 spiro atoms. The molecule has 0 saturated carbocycles. The van der Waals surface area contributed by atoms with Gasteiger partial charge in [0, 0.05) is 49.0 Å². The van der Waals surface area contributed by atoms with Gasteiger partial charge in [0.15, 0.2) is 0 Å². The number of amides is 1. The number of ether oxygens (including phenoxy) is 1. The lowest BCUT2D eigenvalue weighted by atomic mass is 10.00. The molecule has 0 bridgehead atoms. The molecule has 0 aromatic heterocycles. The van der Waals surface area contributed by atoms with E-state index in [0.29, 0.717) is 12.1 Å². The summed E-state index contributed by atoms with van der Waals surface area (Å²) >= 11 is 3.44. The van der Waals surface area contributed by atoms with Crippen molar-refractivity contribution in [3.63, 3.8) is 0 Å². The van der Waals surface area contributed by atoms with Crippen molar-refractivity contribution in [2.45, 2.75) is 12.5 Å². The van der Waals surface area contributed by atoms with Gasteiger partial charge in [-0.3, -0.25) is 9.69 Å². The molecule has 1 fully saturated rings. The van der Waals surface area contributed by atoms with Crippen molar-refractivity contribution in [1.29, 1.82) is 0 Å². The van der Waals surface area contributed by atoms with E-state index in [4.69, 9.17) is 4.74 Å². The van der Waals surface area contributed by atoms with E-state index in [-0.39, 0.29) is 11.9 Å². The van der Waals surface area contributed by atoms with E-state index in [1.165, 1.54) is 16.8 Å². The zero-order chi connectivity index (χ0) is 19.5. The number of benzene rings is 2. The van der Waals surface area contributed by atoms with Gasteiger partial charge in [0.05, 0.1) is 19.3 Å². The number of anilines is 1. The van der Waals surface area contributed by atoms with Gasteiger partial charge in [-0.05, 0) is 41.8 Å². The Balaban J connectivity index is 1.53. The first-order chi connectivity index (χ1) is 13.6. The van der Waals surface area contributed by atoms with E-state index < -0.39 is 0 Å². The van der Waals surface area contributed by atoms with Crippen molar-refractivity contribution in [3.05, 3.63) is 63.6 Å². The van der Waals surface area contributed by atoms with E-state index in [2.05, 4.69) is 56.3 Å². The number of rotatable bonds is 5. The van der Waals surface area contributed by atoms with E-state index >= 15 is 0 Å². The number of carbonyl (C=O) groups is 1. The SMILES string of the molecule is CN1CCc2cc(C(CNC(=O)c3cccc(Br)c3)N3CCOCC3)ccc21. The van der Waals surface area contributed by atoms with Crippen LogP contribution in [0.1, 0.15) is 27.5 Å². The van der Waals surface area contributed by atoms with Crippen molar-refractivity contribution >= 4 is 27.5 Å². The monoisotopic (exact) mass is 443 g/mol. The second kappa shape index (κ2) is 8.64. The number of hydrogen-bond acceptors (Lipinski definition) is 4. The molecule has 1 N–H and O–H groups in total. The fourth-order valence-corrected chi connectivity index (χ4v) is 4.46. The topological polar surface area (TPSA) is 44.8 Å². The van der Waals surface area contributed by atoms with Crippen molar-refractivity contribution in [1.82, 2.24) is 10.2 Å². The van der Waals surface area contributed by atoms with E-state index in [0.717, 1.165) is 43.7 Å². The van der Waals surface area contributed by atoms with Gasteiger partial charge in [-0.1, -0.05) is 34.1 Å². The Morgan fingerprint density at radius 1 is 1.18 bits per heavy atom. The standard InChI is InChI=1S/C22H26BrN3O2/c1-25-8-7-17-13-16(5-6-20(17)25)21(26-9-11-28-12-10-26)15-24-22(27)18-3-2-4-19(23)14-18/h2-6,13-14,21H,7-12,15H2,1H3,(H,24,27).